The predicted octanol–water partition coefficient (Wildman–Crippen LogP) is 3.32. The van der Waals surface area contributed by atoms with Crippen molar-refractivity contribution in [2.24, 2.45) is 0 Å². The molecule has 0 saturated carbocycles. The highest BCUT2D eigenvalue weighted by Crippen LogP contribution is 2.21. The van der Waals surface area contributed by atoms with E-state index in [0.717, 1.165) is 44.2 Å². The SMILES string of the molecule is CC(Oc1cccc(C(C)C)c1)C(=O)N1CCN(Cc2ccccn2)CC1. The van der Waals surface area contributed by atoms with Gasteiger partial charge >= 0.3 is 0 Å². The van der Waals surface area contributed by atoms with Crippen molar-refractivity contribution in [2.75, 3.05) is 26.2 Å². The van der Waals surface area contributed by atoms with Crippen molar-refractivity contribution in [3.63, 3.8) is 0 Å². The molecule has 1 atom stereocenters. The molecule has 1 fully saturated rings. The van der Waals surface area contributed by atoms with Crippen molar-refractivity contribution in [1.82, 2.24) is 14.8 Å². The van der Waals surface area contributed by atoms with Crippen LogP contribution in [0.1, 0.15) is 37.9 Å². The molecule has 5 heteroatoms. The highest BCUT2D eigenvalue weighted by Gasteiger charge is 2.26. The summed E-state index contributed by atoms with van der Waals surface area (Å²) in [5.74, 6) is 1.25. The molecule has 0 aliphatic carbocycles. The van der Waals surface area contributed by atoms with Gasteiger partial charge in [-0.2, -0.15) is 0 Å². The lowest BCUT2D eigenvalue weighted by atomic mass is 10.0. The fourth-order valence-electron chi connectivity index (χ4n) is 3.31. The van der Waals surface area contributed by atoms with E-state index in [1.165, 1.54) is 5.56 Å². The molecule has 1 aliphatic heterocycles. The van der Waals surface area contributed by atoms with Gasteiger partial charge in [-0.1, -0.05) is 32.0 Å². The van der Waals surface area contributed by atoms with Crippen LogP contribution in [0.25, 0.3) is 0 Å². The fourth-order valence-corrected chi connectivity index (χ4v) is 3.31. The largest absolute Gasteiger partial charge is 0.481 e. The van der Waals surface area contributed by atoms with Crippen molar-refractivity contribution in [3.05, 3.63) is 59.9 Å². The van der Waals surface area contributed by atoms with Gasteiger partial charge in [0.05, 0.1) is 5.69 Å². The number of hydrogen-bond acceptors (Lipinski definition) is 4. The van der Waals surface area contributed by atoms with E-state index >= 15 is 0 Å². The fraction of sp³-hybridized carbons (Fsp3) is 0.455. The summed E-state index contributed by atoms with van der Waals surface area (Å²) in [7, 11) is 0. The Morgan fingerprint density at radius 3 is 2.52 bits per heavy atom. The number of rotatable bonds is 6. The Bertz CT molecular complexity index is 740. The molecule has 1 aromatic carbocycles. The maximum atomic E-state index is 12.8. The van der Waals surface area contributed by atoms with Crippen molar-refractivity contribution >= 4 is 5.91 Å². The molecule has 0 N–H and O–H groups in total. The summed E-state index contributed by atoms with van der Waals surface area (Å²) in [5.41, 5.74) is 2.29. The topological polar surface area (TPSA) is 45.7 Å². The zero-order valence-corrected chi connectivity index (χ0v) is 16.5. The van der Waals surface area contributed by atoms with Gasteiger partial charge in [-0.05, 0) is 42.7 Å². The zero-order chi connectivity index (χ0) is 19.2. The van der Waals surface area contributed by atoms with Gasteiger partial charge in [-0.3, -0.25) is 14.7 Å². The molecule has 1 aromatic heterocycles. The summed E-state index contributed by atoms with van der Waals surface area (Å²) in [6.45, 7) is 10.1. The van der Waals surface area contributed by atoms with Crippen LogP contribution in [-0.4, -0.2) is 53.0 Å². The maximum absolute atomic E-state index is 12.8. The summed E-state index contributed by atoms with van der Waals surface area (Å²) in [4.78, 5) is 21.4. The van der Waals surface area contributed by atoms with E-state index in [4.69, 9.17) is 4.74 Å². The third kappa shape index (κ3) is 5.30. The lowest BCUT2D eigenvalue weighted by Gasteiger charge is -2.35. The van der Waals surface area contributed by atoms with Crippen LogP contribution in [0, 0.1) is 0 Å². The monoisotopic (exact) mass is 367 g/mol. The number of nitrogens with zero attached hydrogens (tertiary/aromatic N) is 3. The molecular formula is C22H29N3O2. The first-order chi connectivity index (χ1) is 13.0. The molecule has 2 aromatic rings. The summed E-state index contributed by atoms with van der Waals surface area (Å²) in [6, 6.07) is 14.0. The van der Waals surface area contributed by atoms with Gasteiger partial charge in [0.15, 0.2) is 6.10 Å². The molecule has 27 heavy (non-hydrogen) atoms. The van der Waals surface area contributed by atoms with Crippen LogP contribution in [0.2, 0.25) is 0 Å². The van der Waals surface area contributed by atoms with E-state index in [1.807, 2.05) is 54.4 Å². The van der Waals surface area contributed by atoms with E-state index < -0.39 is 6.10 Å². The second-order valence-electron chi connectivity index (χ2n) is 7.41. The number of carbonyl (C=O) groups excluding carboxylic acids is 1. The van der Waals surface area contributed by atoms with Crippen molar-refractivity contribution < 1.29 is 9.53 Å². The second-order valence-corrected chi connectivity index (χ2v) is 7.41. The Morgan fingerprint density at radius 2 is 1.85 bits per heavy atom. The Hall–Kier alpha value is -2.40. The number of ether oxygens (including phenoxy) is 1. The third-order valence-corrected chi connectivity index (χ3v) is 4.98. The van der Waals surface area contributed by atoms with Gasteiger partial charge in [-0.25, -0.2) is 0 Å². The van der Waals surface area contributed by atoms with E-state index in [9.17, 15) is 4.79 Å². The molecule has 0 bridgehead atoms. The van der Waals surface area contributed by atoms with E-state index in [-0.39, 0.29) is 5.91 Å². The average Bonchev–Trinajstić information content (AvgIpc) is 2.69. The second kappa shape index (κ2) is 9.00. The predicted molar refractivity (Wildman–Crippen MR) is 107 cm³/mol. The lowest BCUT2D eigenvalue weighted by Crippen LogP contribution is -2.51. The molecule has 1 aliphatic rings. The summed E-state index contributed by atoms with van der Waals surface area (Å²) < 4.78 is 5.93. The summed E-state index contributed by atoms with van der Waals surface area (Å²) in [5, 5.41) is 0. The van der Waals surface area contributed by atoms with Crippen LogP contribution in [0.3, 0.4) is 0 Å². The molecule has 1 amide bonds. The molecule has 0 spiro atoms. The van der Waals surface area contributed by atoms with Crippen LogP contribution in [0.5, 0.6) is 5.75 Å². The average molecular weight is 367 g/mol. The standard InChI is InChI=1S/C22H29N3O2/c1-17(2)19-7-6-9-21(15-19)27-18(3)22(26)25-13-11-24(12-14-25)16-20-8-4-5-10-23-20/h4-10,15,17-18H,11-14,16H2,1-3H3. The van der Waals surface area contributed by atoms with Crippen LogP contribution < -0.4 is 4.74 Å². The van der Waals surface area contributed by atoms with Crippen molar-refractivity contribution in [1.29, 1.82) is 0 Å². The molecule has 1 saturated heterocycles. The molecule has 2 heterocycles. The number of aromatic nitrogens is 1. The first kappa shape index (κ1) is 19.4. The molecule has 1 unspecified atom stereocenters. The van der Waals surface area contributed by atoms with Gasteiger partial charge in [0.2, 0.25) is 0 Å². The lowest BCUT2D eigenvalue weighted by molar-refractivity contribution is -0.139. The molecule has 0 radical (unpaired) electrons. The van der Waals surface area contributed by atoms with Crippen LogP contribution >= 0.6 is 0 Å². The highest BCUT2D eigenvalue weighted by molar-refractivity contribution is 5.81. The number of carbonyl (C=O) groups is 1. The van der Waals surface area contributed by atoms with Crippen LogP contribution in [0.4, 0.5) is 0 Å². The smallest absolute Gasteiger partial charge is 0.263 e. The minimum atomic E-state index is -0.477. The minimum absolute atomic E-state index is 0.0578. The molecule has 3 rings (SSSR count). The Balaban J connectivity index is 1.50. The van der Waals surface area contributed by atoms with E-state index in [0.29, 0.717) is 5.92 Å². The van der Waals surface area contributed by atoms with Gasteiger partial charge in [0, 0.05) is 38.9 Å². The highest BCUT2D eigenvalue weighted by atomic mass is 16.5. The quantitative estimate of drug-likeness (QED) is 0.786. The summed E-state index contributed by atoms with van der Waals surface area (Å²) >= 11 is 0. The van der Waals surface area contributed by atoms with Crippen LogP contribution in [0.15, 0.2) is 48.7 Å². The Morgan fingerprint density at radius 1 is 1.07 bits per heavy atom. The Kier molecular flexibility index (Phi) is 6.45. The Labute approximate surface area is 162 Å². The number of benzene rings is 1. The van der Waals surface area contributed by atoms with Gasteiger partial charge in [-0.15, -0.1) is 0 Å². The van der Waals surface area contributed by atoms with E-state index in [1.54, 1.807) is 0 Å². The molecular weight excluding hydrogens is 338 g/mol. The summed E-state index contributed by atoms with van der Waals surface area (Å²) in [6.07, 6.45) is 1.34. The first-order valence-corrected chi connectivity index (χ1v) is 9.70. The number of amides is 1. The van der Waals surface area contributed by atoms with Gasteiger partial charge in [0.1, 0.15) is 5.75 Å². The van der Waals surface area contributed by atoms with E-state index in [2.05, 4.69) is 29.8 Å². The van der Waals surface area contributed by atoms with Gasteiger partial charge < -0.3 is 9.64 Å². The number of hydrogen-bond donors (Lipinski definition) is 0. The zero-order valence-electron chi connectivity index (χ0n) is 16.5. The first-order valence-electron chi connectivity index (χ1n) is 9.70. The molecule has 5 nitrogen and oxygen atoms in total. The number of pyridine rings is 1. The minimum Gasteiger partial charge on any atom is -0.481 e. The van der Waals surface area contributed by atoms with Crippen LogP contribution in [-0.2, 0) is 11.3 Å². The molecule has 144 valence electrons. The maximum Gasteiger partial charge on any atom is 0.263 e. The van der Waals surface area contributed by atoms with Gasteiger partial charge in [0.25, 0.3) is 5.91 Å². The number of piperazine rings is 1. The van der Waals surface area contributed by atoms with Crippen molar-refractivity contribution in [2.45, 2.75) is 39.3 Å². The third-order valence-electron chi connectivity index (χ3n) is 4.98. The normalized spacial score (nSPS) is 16.4. The van der Waals surface area contributed by atoms with Crippen molar-refractivity contribution in [3.8, 4) is 5.75 Å².